The summed E-state index contributed by atoms with van der Waals surface area (Å²) in [7, 11) is 0. The van der Waals surface area contributed by atoms with E-state index in [9.17, 15) is 24.7 Å². The second-order valence-electron chi connectivity index (χ2n) is 4.37. The van der Waals surface area contributed by atoms with Crippen LogP contribution >= 0.6 is 0 Å². The number of nitro benzene ring substituents is 1. The Kier molecular flexibility index (Phi) is 3.55. The van der Waals surface area contributed by atoms with Crippen molar-refractivity contribution in [3.63, 3.8) is 0 Å². The molecule has 0 radical (unpaired) electrons. The van der Waals surface area contributed by atoms with Crippen molar-refractivity contribution in [3.8, 4) is 0 Å². The van der Waals surface area contributed by atoms with E-state index in [0.717, 1.165) is 12.1 Å². The summed E-state index contributed by atoms with van der Waals surface area (Å²) < 4.78 is 13.4. The number of nitrogens with zero attached hydrogens (tertiary/aromatic N) is 2. The highest BCUT2D eigenvalue weighted by atomic mass is 19.1. The summed E-state index contributed by atoms with van der Waals surface area (Å²) in [5.74, 6) is -0.877. The molecular weight excluding hydrogens is 243 g/mol. The van der Waals surface area contributed by atoms with Crippen LogP contribution in [0, 0.1) is 15.9 Å². The molecular formula is C11H13FN2O4. The van der Waals surface area contributed by atoms with Gasteiger partial charge >= 0.3 is 5.69 Å². The second-order valence-corrected chi connectivity index (χ2v) is 4.37. The van der Waals surface area contributed by atoms with Gasteiger partial charge in [-0.05, 0) is 11.6 Å². The molecule has 0 saturated carbocycles. The van der Waals surface area contributed by atoms with Gasteiger partial charge in [0.1, 0.15) is 0 Å². The lowest BCUT2D eigenvalue weighted by Gasteiger charge is -2.14. The Morgan fingerprint density at radius 1 is 1.39 bits per heavy atom. The SMILES string of the molecule is O=[N+]([O-])c1ccc(CN2C[C@@H](O)[C@@H](O)C2)cc1F. The Morgan fingerprint density at radius 3 is 2.50 bits per heavy atom. The minimum atomic E-state index is -0.877. The summed E-state index contributed by atoms with van der Waals surface area (Å²) in [4.78, 5) is 11.4. The van der Waals surface area contributed by atoms with Crippen LogP contribution in [0.5, 0.6) is 0 Å². The third kappa shape index (κ3) is 2.63. The molecule has 1 aromatic rings. The van der Waals surface area contributed by atoms with E-state index in [1.54, 1.807) is 4.90 Å². The molecule has 0 aromatic heterocycles. The van der Waals surface area contributed by atoms with Crippen LogP contribution in [0.2, 0.25) is 0 Å². The molecule has 1 aliphatic heterocycles. The van der Waals surface area contributed by atoms with E-state index in [1.165, 1.54) is 6.07 Å². The van der Waals surface area contributed by atoms with Crippen LogP contribution < -0.4 is 0 Å². The summed E-state index contributed by atoms with van der Waals surface area (Å²) in [6.07, 6.45) is -1.60. The van der Waals surface area contributed by atoms with Crippen LogP contribution in [0.15, 0.2) is 18.2 Å². The minimum absolute atomic E-state index is 0.305. The number of nitro groups is 1. The maximum absolute atomic E-state index is 13.4. The fourth-order valence-electron chi connectivity index (χ4n) is 2.03. The van der Waals surface area contributed by atoms with Crippen molar-refractivity contribution in [2.24, 2.45) is 0 Å². The normalized spacial score (nSPS) is 24.4. The minimum Gasteiger partial charge on any atom is -0.389 e. The molecule has 0 spiro atoms. The molecule has 6 nitrogen and oxygen atoms in total. The zero-order valence-electron chi connectivity index (χ0n) is 9.49. The van der Waals surface area contributed by atoms with Gasteiger partial charge in [0.2, 0.25) is 5.82 Å². The van der Waals surface area contributed by atoms with Crippen molar-refractivity contribution in [2.45, 2.75) is 18.8 Å². The smallest absolute Gasteiger partial charge is 0.304 e. The maximum Gasteiger partial charge on any atom is 0.304 e. The summed E-state index contributed by atoms with van der Waals surface area (Å²) in [5.41, 5.74) is 0.0136. The van der Waals surface area contributed by atoms with Crippen molar-refractivity contribution in [1.82, 2.24) is 4.90 Å². The highest BCUT2D eigenvalue weighted by Crippen LogP contribution is 2.20. The Bertz CT molecular complexity index is 458. The first-order chi connectivity index (χ1) is 8.47. The average Bonchev–Trinajstić information content (AvgIpc) is 2.57. The van der Waals surface area contributed by atoms with Crippen molar-refractivity contribution in [3.05, 3.63) is 39.7 Å². The predicted molar refractivity (Wildman–Crippen MR) is 60.3 cm³/mol. The molecule has 2 atom stereocenters. The molecule has 2 rings (SSSR count). The molecule has 1 aliphatic rings. The first-order valence-electron chi connectivity index (χ1n) is 5.48. The summed E-state index contributed by atoms with van der Waals surface area (Å²) >= 11 is 0. The fraction of sp³-hybridized carbons (Fsp3) is 0.455. The quantitative estimate of drug-likeness (QED) is 0.599. The Labute approximate surface area is 102 Å². The van der Waals surface area contributed by atoms with Gasteiger partial charge in [-0.1, -0.05) is 6.07 Å². The molecule has 7 heteroatoms. The number of β-amino-alcohol motifs (C(OH)–C–C–N with tert-alkyl or cyclic N) is 2. The Morgan fingerprint density at radius 2 is 2.00 bits per heavy atom. The summed E-state index contributed by atoms with van der Waals surface area (Å²) in [5, 5.41) is 29.2. The Hall–Kier alpha value is -1.57. The van der Waals surface area contributed by atoms with Gasteiger partial charge in [0.25, 0.3) is 0 Å². The van der Waals surface area contributed by atoms with E-state index in [-0.39, 0.29) is 0 Å². The van der Waals surface area contributed by atoms with Gasteiger partial charge in [-0.2, -0.15) is 4.39 Å². The van der Waals surface area contributed by atoms with Gasteiger partial charge in [-0.15, -0.1) is 0 Å². The van der Waals surface area contributed by atoms with Gasteiger partial charge in [0, 0.05) is 25.7 Å². The van der Waals surface area contributed by atoms with Crippen LogP contribution in [-0.4, -0.2) is 45.3 Å². The van der Waals surface area contributed by atoms with Crippen molar-refractivity contribution >= 4 is 5.69 Å². The predicted octanol–water partition coefficient (Wildman–Crippen LogP) is 0.271. The van der Waals surface area contributed by atoms with E-state index in [2.05, 4.69) is 0 Å². The number of benzene rings is 1. The van der Waals surface area contributed by atoms with Gasteiger partial charge in [-0.25, -0.2) is 0 Å². The number of aliphatic hydroxyl groups is 2. The largest absolute Gasteiger partial charge is 0.389 e. The van der Waals surface area contributed by atoms with Crippen LogP contribution in [-0.2, 0) is 6.54 Å². The third-order valence-electron chi connectivity index (χ3n) is 2.95. The second kappa shape index (κ2) is 4.97. The molecule has 18 heavy (non-hydrogen) atoms. The number of likely N-dealkylation sites (tertiary alicyclic amines) is 1. The first-order valence-corrected chi connectivity index (χ1v) is 5.48. The molecule has 1 heterocycles. The zero-order chi connectivity index (χ0) is 13.3. The van der Waals surface area contributed by atoms with E-state index < -0.39 is 28.6 Å². The van der Waals surface area contributed by atoms with Crippen molar-refractivity contribution in [1.29, 1.82) is 0 Å². The fourth-order valence-corrected chi connectivity index (χ4v) is 2.03. The van der Waals surface area contributed by atoms with Crippen LogP contribution in [0.3, 0.4) is 0 Å². The molecule has 0 aliphatic carbocycles. The maximum atomic E-state index is 13.4. The highest BCUT2D eigenvalue weighted by molar-refractivity contribution is 5.35. The number of hydrogen-bond acceptors (Lipinski definition) is 5. The molecule has 0 unspecified atom stereocenters. The van der Waals surface area contributed by atoms with Gasteiger partial charge < -0.3 is 10.2 Å². The van der Waals surface area contributed by atoms with E-state index in [1.807, 2.05) is 0 Å². The first kappa shape index (κ1) is 12.9. The lowest BCUT2D eigenvalue weighted by molar-refractivity contribution is -0.387. The monoisotopic (exact) mass is 256 g/mol. The van der Waals surface area contributed by atoms with E-state index >= 15 is 0 Å². The van der Waals surface area contributed by atoms with Crippen LogP contribution in [0.1, 0.15) is 5.56 Å². The molecule has 1 aromatic carbocycles. The molecule has 0 bridgehead atoms. The molecule has 1 fully saturated rings. The molecule has 0 amide bonds. The molecule has 2 N–H and O–H groups in total. The number of hydrogen-bond donors (Lipinski definition) is 2. The van der Waals surface area contributed by atoms with E-state index in [0.29, 0.717) is 25.2 Å². The third-order valence-corrected chi connectivity index (χ3v) is 2.95. The number of halogens is 1. The topological polar surface area (TPSA) is 86.8 Å². The summed E-state index contributed by atoms with van der Waals surface area (Å²) in [6.45, 7) is 0.947. The van der Waals surface area contributed by atoms with Crippen molar-refractivity contribution in [2.75, 3.05) is 13.1 Å². The lowest BCUT2D eigenvalue weighted by atomic mass is 10.2. The molecule has 1 saturated heterocycles. The average molecular weight is 256 g/mol. The zero-order valence-corrected chi connectivity index (χ0v) is 9.49. The number of aliphatic hydroxyl groups excluding tert-OH is 2. The van der Waals surface area contributed by atoms with Crippen LogP contribution in [0.4, 0.5) is 10.1 Å². The lowest BCUT2D eigenvalue weighted by Crippen LogP contribution is -2.22. The van der Waals surface area contributed by atoms with Gasteiger partial charge in [0.15, 0.2) is 0 Å². The highest BCUT2D eigenvalue weighted by Gasteiger charge is 2.29. The summed E-state index contributed by atoms with van der Waals surface area (Å²) in [6, 6.07) is 3.70. The van der Waals surface area contributed by atoms with Crippen molar-refractivity contribution < 1.29 is 19.5 Å². The van der Waals surface area contributed by atoms with Crippen LogP contribution in [0.25, 0.3) is 0 Å². The molecule has 98 valence electrons. The van der Waals surface area contributed by atoms with E-state index in [4.69, 9.17) is 0 Å². The standard InChI is InChI=1S/C11H13FN2O4/c12-8-3-7(1-2-9(8)14(17)18)4-13-5-10(15)11(16)6-13/h1-3,10-11,15-16H,4-6H2/t10-,11+. The Balaban J connectivity index is 2.07. The van der Waals surface area contributed by atoms with Gasteiger partial charge in [-0.3, -0.25) is 15.0 Å². The van der Waals surface area contributed by atoms with Gasteiger partial charge in [0.05, 0.1) is 17.1 Å². The number of rotatable bonds is 3.